The quantitative estimate of drug-likeness (QED) is 0.737. The van der Waals surface area contributed by atoms with Crippen molar-refractivity contribution >= 4 is 12.0 Å². The largest absolute Gasteiger partial charge is 0.480 e. The second kappa shape index (κ2) is 5.00. The number of carbonyl (C=O) groups is 2. The Morgan fingerprint density at radius 2 is 2.13 bits per heavy atom. The summed E-state index contributed by atoms with van der Waals surface area (Å²) < 4.78 is 0. The Morgan fingerprint density at radius 3 is 2.67 bits per heavy atom. The molecule has 0 bridgehead atoms. The normalized spacial score (nSPS) is 25.3. The lowest BCUT2D eigenvalue weighted by molar-refractivity contribution is -0.135. The number of hydrogen-bond donors (Lipinski definition) is 2. The first kappa shape index (κ1) is 11.8. The summed E-state index contributed by atoms with van der Waals surface area (Å²) in [6, 6.07) is 0.215. The Kier molecular flexibility index (Phi) is 3.94. The Bertz CT molecular complexity index is 255. The number of carboxylic acid groups (broad SMARTS) is 1. The van der Waals surface area contributed by atoms with E-state index in [4.69, 9.17) is 5.11 Å². The Balaban J connectivity index is 2.52. The first-order chi connectivity index (χ1) is 7.06. The maximum atomic E-state index is 11.7. The zero-order valence-corrected chi connectivity index (χ0v) is 9.19. The number of carbonyl (C=O) groups excluding carboxylic acids is 1. The van der Waals surface area contributed by atoms with Gasteiger partial charge in [0.2, 0.25) is 0 Å². The van der Waals surface area contributed by atoms with E-state index >= 15 is 0 Å². The number of aliphatic carboxylic acids is 1. The molecule has 1 aliphatic heterocycles. The Labute approximate surface area is 89.4 Å². The molecular weight excluding hydrogens is 196 g/mol. The van der Waals surface area contributed by atoms with E-state index in [2.05, 4.69) is 5.32 Å². The Hall–Kier alpha value is -1.26. The second-order valence-electron chi connectivity index (χ2n) is 3.95. The molecule has 0 aliphatic carbocycles. The van der Waals surface area contributed by atoms with E-state index in [0.29, 0.717) is 0 Å². The fourth-order valence-corrected chi connectivity index (χ4v) is 2.08. The highest BCUT2D eigenvalue weighted by Gasteiger charge is 2.32. The SMILES string of the molecule is CCC1CCC(C)N1C(=O)NCC(=O)O. The molecule has 15 heavy (non-hydrogen) atoms. The lowest BCUT2D eigenvalue weighted by Gasteiger charge is -2.27. The number of rotatable bonds is 3. The van der Waals surface area contributed by atoms with Crippen LogP contribution in [-0.4, -0.2) is 40.6 Å². The molecule has 2 atom stereocenters. The van der Waals surface area contributed by atoms with Crippen LogP contribution < -0.4 is 5.32 Å². The molecule has 0 aromatic rings. The lowest BCUT2D eigenvalue weighted by atomic mass is 10.2. The summed E-state index contributed by atoms with van der Waals surface area (Å²) in [6.07, 6.45) is 2.93. The van der Waals surface area contributed by atoms with Crippen molar-refractivity contribution in [3.8, 4) is 0 Å². The maximum absolute atomic E-state index is 11.7. The van der Waals surface area contributed by atoms with Gasteiger partial charge in [0.15, 0.2) is 0 Å². The molecule has 1 fully saturated rings. The van der Waals surface area contributed by atoms with Crippen molar-refractivity contribution < 1.29 is 14.7 Å². The molecule has 2 amide bonds. The van der Waals surface area contributed by atoms with E-state index in [1.54, 1.807) is 4.90 Å². The van der Waals surface area contributed by atoms with E-state index in [9.17, 15) is 9.59 Å². The van der Waals surface area contributed by atoms with Crippen molar-refractivity contribution in [2.45, 2.75) is 45.2 Å². The molecule has 2 unspecified atom stereocenters. The van der Waals surface area contributed by atoms with Crippen LogP contribution in [0.15, 0.2) is 0 Å². The van der Waals surface area contributed by atoms with Crippen LogP contribution in [-0.2, 0) is 4.79 Å². The molecule has 0 radical (unpaired) electrons. The first-order valence-corrected chi connectivity index (χ1v) is 5.34. The molecule has 1 heterocycles. The zero-order valence-electron chi connectivity index (χ0n) is 9.19. The van der Waals surface area contributed by atoms with Crippen LogP contribution in [0.1, 0.15) is 33.1 Å². The van der Waals surface area contributed by atoms with Gasteiger partial charge in [-0.1, -0.05) is 6.92 Å². The van der Waals surface area contributed by atoms with Crippen molar-refractivity contribution in [3.63, 3.8) is 0 Å². The molecule has 1 rings (SSSR count). The van der Waals surface area contributed by atoms with Gasteiger partial charge in [-0.25, -0.2) is 4.79 Å². The summed E-state index contributed by atoms with van der Waals surface area (Å²) in [5.74, 6) is -1.01. The maximum Gasteiger partial charge on any atom is 0.323 e. The molecule has 2 N–H and O–H groups in total. The smallest absolute Gasteiger partial charge is 0.323 e. The number of nitrogens with one attached hydrogen (secondary N) is 1. The van der Waals surface area contributed by atoms with E-state index < -0.39 is 5.97 Å². The summed E-state index contributed by atoms with van der Waals surface area (Å²) in [4.78, 5) is 23.8. The highest BCUT2D eigenvalue weighted by molar-refractivity contribution is 5.80. The predicted molar refractivity (Wildman–Crippen MR) is 55.6 cm³/mol. The Morgan fingerprint density at radius 1 is 1.47 bits per heavy atom. The van der Waals surface area contributed by atoms with Crippen molar-refractivity contribution in [1.82, 2.24) is 10.2 Å². The number of likely N-dealkylation sites (tertiary alicyclic amines) is 1. The average Bonchev–Trinajstić information content (AvgIpc) is 2.56. The average molecular weight is 214 g/mol. The number of amides is 2. The third-order valence-corrected chi connectivity index (χ3v) is 2.88. The number of carboxylic acids is 1. The van der Waals surface area contributed by atoms with Crippen LogP contribution in [0.3, 0.4) is 0 Å². The number of hydrogen-bond acceptors (Lipinski definition) is 2. The van der Waals surface area contributed by atoms with Gasteiger partial charge in [0.1, 0.15) is 6.54 Å². The highest BCUT2D eigenvalue weighted by atomic mass is 16.4. The van der Waals surface area contributed by atoms with Gasteiger partial charge in [0.05, 0.1) is 0 Å². The van der Waals surface area contributed by atoms with Crippen molar-refractivity contribution in [2.75, 3.05) is 6.54 Å². The predicted octanol–water partition coefficient (Wildman–Crippen LogP) is 1.04. The van der Waals surface area contributed by atoms with Crippen LogP contribution in [0.2, 0.25) is 0 Å². The van der Waals surface area contributed by atoms with Crippen molar-refractivity contribution in [3.05, 3.63) is 0 Å². The first-order valence-electron chi connectivity index (χ1n) is 5.34. The van der Waals surface area contributed by atoms with E-state index in [1.165, 1.54) is 0 Å². The standard InChI is InChI=1S/C10H18N2O3/c1-3-8-5-4-7(2)12(8)10(15)11-6-9(13)14/h7-8H,3-6H2,1-2H3,(H,11,15)(H,13,14). The van der Waals surface area contributed by atoms with Gasteiger partial charge in [-0.2, -0.15) is 0 Å². The highest BCUT2D eigenvalue weighted by Crippen LogP contribution is 2.25. The molecule has 5 nitrogen and oxygen atoms in total. The van der Waals surface area contributed by atoms with Crippen LogP contribution in [0, 0.1) is 0 Å². The number of nitrogens with zero attached hydrogens (tertiary/aromatic N) is 1. The van der Waals surface area contributed by atoms with Crippen LogP contribution in [0.25, 0.3) is 0 Å². The second-order valence-corrected chi connectivity index (χ2v) is 3.95. The van der Waals surface area contributed by atoms with Crippen molar-refractivity contribution in [2.24, 2.45) is 0 Å². The molecule has 0 aromatic carbocycles. The van der Waals surface area contributed by atoms with Crippen molar-refractivity contribution in [1.29, 1.82) is 0 Å². The van der Waals surface area contributed by atoms with Gasteiger partial charge in [-0.05, 0) is 26.2 Å². The molecule has 0 aromatic heterocycles. The third-order valence-electron chi connectivity index (χ3n) is 2.88. The minimum Gasteiger partial charge on any atom is -0.480 e. The summed E-state index contributed by atoms with van der Waals surface area (Å²) >= 11 is 0. The monoisotopic (exact) mass is 214 g/mol. The van der Waals surface area contributed by atoms with Gasteiger partial charge in [0, 0.05) is 12.1 Å². The summed E-state index contributed by atoms with van der Waals surface area (Å²) in [7, 11) is 0. The number of urea groups is 1. The van der Waals surface area contributed by atoms with Gasteiger partial charge >= 0.3 is 12.0 Å². The van der Waals surface area contributed by atoms with Gasteiger partial charge in [-0.3, -0.25) is 4.79 Å². The molecule has 5 heteroatoms. The fourth-order valence-electron chi connectivity index (χ4n) is 2.08. The fraction of sp³-hybridized carbons (Fsp3) is 0.800. The summed E-state index contributed by atoms with van der Waals surface area (Å²) in [5, 5.41) is 10.9. The molecule has 0 spiro atoms. The summed E-state index contributed by atoms with van der Waals surface area (Å²) in [5.41, 5.74) is 0. The molecule has 1 saturated heterocycles. The summed E-state index contributed by atoms with van der Waals surface area (Å²) in [6.45, 7) is 3.73. The van der Waals surface area contributed by atoms with Crippen LogP contribution in [0.4, 0.5) is 4.79 Å². The minimum absolute atomic E-state index is 0.212. The van der Waals surface area contributed by atoms with Crippen LogP contribution >= 0.6 is 0 Å². The van der Waals surface area contributed by atoms with Gasteiger partial charge in [-0.15, -0.1) is 0 Å². The third kappa shape index (κ3) is 2.84. The topological polar surface area (TPSA) is 69.6 Å². The minimum atomic E-state index is -1.01. The zero-order chi connectivity index (χ0) is 11.4. The van der Waals surface area contributed by atoms with E-state index in [0.717, 1.165) is 19.3 Å². The molecule has 0 saturated carbocycles. The lowest BCUT2D eigenvalue weighted by Crippen LogP contribution is -2.47. The van der Waals surface area contributed by atoms with Crippen LogP contribution in [0.5, 0.6) is 0 Å². The molecule has 1 aliphatic rings. The van der Waals surface area contributed by atoms with Gasteiger partial charge < -0.3 is 15.3 Å². The van der Waals surface area contributed by atoms with E-state index in [1.807, 2.05) is 13.8 Å². The van der Waals surface area contributed by atoms with E-state index in [-0.39, 0.29) is 24.7 Å². The molecule has 86 valence electrons. The van der Waals surface area contributed by atoms with Gasteiger partial charge in [0.25, 0.3) is 0 Å². The molecular formula is C10H18N2O3.